The van der Waals surface area contributed by atoms with Gasteiger partial charge in [-0.3, -0.25) is 14.6 Å². The van der Waals surface area contributed by atoms with Crippen LogP contribution in [-0.4, -0.2) is 67.3 Å². The molecule has 184 valence electrons. The second kappa shape index (κ2) is 11.4. The van der Waals surface area contributed by atoms with Gasteiger partial charge in [-0.25, -0.2) is 14.4 Å². The van der Waals surface area contributed by atoms with E-state index in [-0.39, 0.29) is 16.5 Å². The second-order valence-electron chi connectivity index (χ2n) is 7.85. The van der Waals surface area contributed by atoms with Crippen LogP contribution in [-0.2, 0) is 9.53 Å². The van der Waals surface area contributed by atoms with E-state index in [0.29, 0.717) is 29.0 Å². The van der Waals surface area contributed by atoms with Crippen LogP contribution in [0, 0.1) is 5.82 Å². The Hall–Kier alpha value is -3.27. The first-order chi connectivity index (χ1) is 17.0. The van der Waals surface area contributed by atoms with Crippen LogP contribution in [0.2, 0.25) is 5.02 Å². The number of hydrogen-bond donors (Lipinski definition) is 0. The summed E-state index contributed by atoms with van der Waals surface area (Å²) in [7, 11) is 1.54. The van der Waals surface area contributed by atoms with E-state index in [2.05, 4.69) is 21.4 Å². The molecule has 0 N–H and O–H groups in total. The fourth-order valence-corrected chi connectivity index (χ4v) is 4.05. The summed E-state index contributed by atoms with van der Waals surface area (Å²) in [6, 6.07) is 7.35. The van der Waals surface area contributed by atoms with E-state index in [4.69, 9.17) is 25.8 Å². The topological polar surface area (TPSA) is 77.0 Å². The van der Waals surface area contributed by atoms with E-state index in [1.54, 1.807) is 19.2 Å². The van der Waals surface area contributed by atoms with E-state index in [1.807, 2.05) is 0 Å². The monoisotopic (exact) mass is 500 g/mol. The van der Waals surface area contributed by atoms with Crippen molar-refractivity contribution in [3.05, 3.63) is 60.2 Å². The maximum Gasteiger partial charge on any atom is 0.256 e. The van der Waals surface area contributed by atoms with E-state index < -0.39 is 11.7 Å². The standard InChI is InChI=1S/C25H26ClFN4O4/c1-3-24(32)31(21-13-17(26)5-6-19(21)27)25-18-14-23(22(33-2)15-20(18)28-16-29-25)35-10-4-7-30-8-11-34-12-9-30/h3,5-6,13-16H,1,4,7-12H2,2H3. The van der Waals surface area contributed by atoms with Gasteiger partial charge in [0.1, 0.15) is 12.1 Å². The van der Waals surface area contributed by atoms with Crippen LogP contribution >= 0.6 is 11.6 Å². The van der Waals surface area contributed by atoms with Gasteiger partial charge in [0.05, 0.1) is 38.1 Å². The van der Waals surface area contributed by atoms with Crippen LogP contribution in [0.25, 0.3) is 10.9 Å². The molecule has 0 aliphatic carbocycles. The summed E-state index contributed by atoms with van der Waals surface area (Å²) in [5, 5.41) is 0.749. The number of carbonyl (C=O) groups is 1. The molecule has 0 unspecified atom stereocenters. The lowest BCUT2D eigenvalue weighted by atomic mass is 10.1. The number of nitrogens with zero attached hydrogens (tertiary/aromatic N) is 4. The van der Waals surface area contributed by atoms with Gasteiger partial charge in [-0.2, -0.15) is 0 Å². The summed E-state index contributed by atoms with van der Waals surface area (Å²) in [5.41, 5.74) is 0.447. The van der Waals surface area contributed by atoms with E-state index >= 15 is 0 Å². The molecule has 0 saturated carbocycles. The molecule has 1 fully saturated rings. The summed E-state index contributed by atoms with van der Waals surface area (Å²) in [6.45, 7) is 8.21. The molecule has 1 aliphatic rings. The molecule has 1 aliphatic heterocycles. The number of benzene rings is 2. The molecule has 1 amide bonds. The molecule has 8 nitrogen and oxygen atoms in total. The minimum Gasteiger partial charge on any atom is -0.493 e. The van der Waals surface area contributed by atoms with Crippen molar-refractivity contribution in [2.75, 3.05) is 51.5 Å². The number of carbonyl (C=O) groups excluding carboxylic acids is 1. The first-order valence-corrected chi connectivity index (χ1v) is 11.6. The van der Waals surface area contributed by atoms with Crippen molar-refractivity contribution < 1.29 is 23.4 Å². The van der Waals surface area contributed by atoms with E-state index in [0.717, 1.165) is 50.2 Å². The molecule has 4 rings (SSSR count). The number of anilines is 2. The number of methoxy groups -OCH3 is 1. The highest BCUT2D eigenvalue weighted by Gasteiger charge is 2.24. The predicted molar refractivity (Wildman–Crippen MR) is 132 cm³/mol. The number of amides is 1. The number of aromatic nitrogens is 2. The Morgan fingerprint density at radius 1 is 1.26 bits per heavy atom. The third-order valence-electron chi connectivity index (χ3n) is 5.64. The number of rotatable bonds is 9. The van der Waals surface area contributed by atoms with Gasteiger partial charge >= 0.3 is 0 Å². The molecule has 1 saturated heterocycles. The van der Waals surface area contributed by atoms with Crippen LogP contribution in [0.15, 0.2) is 49.3 Å². The number of ether oxygens (including phenoxy) is 3. The Morgan fingerprint density at radius 2 is 2.06 bits per heavy atom. The zero-order valence-electron chi connectivity index (χ0n) is 19.4. The lowest BCUT2D eigenvalue weighted by Gasteiger charge is -2.26. The highest BCUT2D eigenvalue weighted by atomic mass is 35.5. The predicted octanol–water partition coefficient (Wildman–Crippen LogP) is 4.38. The highest BCUT2D eigenvalue weighted by Crippen LogP contribution is 2.38. The SMILES string of the molecule is C=CC(=O)N(c1cc(Cl)ccc1F)c1ncnc2cc(OC)c(OCCCN3CCOCC3)cc12. The van der Waals surface area contributed by atoms with Gasteiger partial charge in [0.25, 0.3) is 5.91 Å². The Morgan fingerprint density at radius 3 is 2.80 bits per heavy atom. The van der Waals surface area contributed by atoms with Crippen molar-refractivity contribution in [1.29, 1.82) is 0 Å². The first-order valence-electron chi connectivity index (χ1n) is 11.2. The van der Waals surface area contributed by atoms with Crippen molar-refractivity contribution >= 4 is 39.9 Å². The molecule has 2 heterocycles. The summed E-state index contributed by atoms with van der Waals surface area (Å²) in [6.07, 6.45) is 3.20. The third kappa shape index (κ3) is 5.70. The molecule has 0 radical (unpaired) electrons. The van der Waals surface area contributed by atoms with Crippen molar-refractivity contribution in [1.82, 2.24) is 14.9 Å². The van der Waals surface area contributed by atoms with Crippen LogP contribution in [0.3, 0.4) is 0 Å². The first kappa shape index (κ1) is 24.8. The Kier molecular flexibility index (Phi) is 8.12. The average Bonchev–Trinajstić information content (AvgIpc) is 2.88. The minimum atomic E-state index is -0.635. The minimum absolute atomic E-state index is 0.0498. The number of halogens is 2. The van der Waals surface area contributed by atoms with E-state index in [1.165, 1.54) is 24.5 Å². The van der Waals surface area contributed by atoms with Crippen molar-refractivity contribution in [2.45, 2.75) is 6.42 Å². The molecule has 0 bridgehead atoms. The van der Waals surface area contributed by atoms with Gasteiger partial charge in [-0.1, -0.05) is 18.2 Å². The lowest BCUT2D eigenvalue weighted by molar-refractivity contribution is -0.113. The third-order valence-corrected chi connectivity index (χ3v) is 5.87. The molecule has 2 aromatic carbocycles. The van der Waals surface area contributed by atoms with Gasteiger partial charge < -0.3 is 14.2 Å². The summed E-state index contributed by atoms with van der Waals surface area (Å²) < 4.78 is 31.7. The van der Waals surface area contributed by atoms with Crippen LogP contribution < -0.4 is 14.4 Å². The Bertz CT molecular complexity index is 1220. The van der Waals surface area contributed by atoms with E-state index in [9.17, 15) is 9.18 Å². The fourth-order valence-electron chi connectivity index (χ4n) is 3.88. The van der Waals surface area contributed by atoms with Crippen LogP contribution in [0.1, 0.15) is 6.42 Å². The quantitative estimate of drug-likeness (QED) is 0.318. The zero-order valence-corrected chi connectivity index (χ0v) is 20.1. The molecule has 10 heteroatoms. The number of fused-ring (bicyclic) bond motifs is 1. The van der Waals surface area contributed by atoms with Gasteiger partial charge in [-0.15, -0.1) is 0 Å². The second-order valence-corrected chi connectivity index (χ2v) is 8.28. The van der Waals surface area contributed by atoms with Gasteiger partial charge in [-0.05, 0) is 36.8 Å². The van der Waals surface area contributed by atoms with Crippen LogP contribution in [0.5, 0.6) is 11.5 Å². The maximum absolute atomic E-state index is 14.8. The van der Waals surface area contributed by atoms with Gasteiger partial charge in [0, 0.05) is 36.1 Å². The van der Waals surface area contributed by atoms with Gasteiger partial charge in [0.15, 0.2) is 17.3 Å². The molecule has 0 spiro atoms. The maximum atomic E-state index is 14.8. The normalized spacial score (nSPS) is 14.0. The molecule has 3 aromatic rings. The lowest BCUT2D eigenvalue weighted by Crippen LogP contribution is -2.37. The average molecular weight is 501 g/mol. The molecular weight excluding hydrogens is 475 g/mol. The molecule has 1 aromatic heterocycles. The van der Waals surface area contributed by atoms with Crippen LogP contribution in [0.4, 0.5) is 15.9 Å². The van der Waals surface area contributed by atoms with Crippen molar-refractivity contribution in [2.24, 2.45) is 0 Å². The highest BCUT2D eigenvalue weighted by molar-refractivity contribution is 6.31. The van der Waals surface area contributed by atoms with Gasteiger partial charge in [0.2, 0.25) is 0 Å². The Balaban J connectivity index is 1.67. The molecule has 0 atom stereocenters. The number of hydrogen-bond acceptors (Lipinski definition) is 7. The summed E-state index contributed by atoms with van der Waals surface area (Å²) in [5.74, 6) is -0.0824. The largest absolute Gasteiger partial charge is 0.493 e. The zero-order chi connectivity index (χ0) is 24.8. The molecule has 35 heavy (non-hydrogen) atoms. The molecular formula is C25H26ClFN4O4. The Labute approximate surface area is 207 Å². The van der Waals surface area contributed by atoms with Crippen molar-refractivity contribution in [3.63, 3.8) is 0 Å². The smallest absolute Gasteiger partial charge is 0.256 e. The van der Waals surface area contributed by atoms with Crippen molar-refractivity contribution in [3.8, 4) is 11.5 Å². The fraction of sp³-hybridized carbons (Fsp3) is 0.320. The number of morpholine rings is 1. The summed E-state index contributed by atoms with van der Waals surface area (Å²) in [4.78, 5) is 24.9. The summed E-state index contributed by atoms with van der Waals surface area (Å²) >= 11 is 6.10.